The van der Waals surface area contributed by atoms with Crippen LogP contribution in [0.2, 0.25) is 0 Å². The van der Waals surface area contributed by atoms with Crippen LogP contribution in [0.25, 0.3) is 0 Å². The van der Waals surface area contributed by atoms with Crippen LogP contribution in [0.5, 0.6) is 5.75 Å². The first-order valence-electron chi connectivity index (χ1n) is 5.68. The van der Waals surface area contributed by atoms with Crippen LogP contribution in [0.1, 0.15) is 18.4 Å². The van der Waals surface area contributed by atoms with Gasteiger partial charge in [0.1, 0.15) is 11.9 Å². The molecule has 6 heteroatoms. The zero-order valence-corrected chi connectivity index (χ0v) is 9.67. The quantitative estimate of drug-likeness (QED) is 0.832. The van der Waals surface area contributed by atoms with Crippen molar-refractivity contribution in [3.63, 3.8) is 0 Å². The molecule has 1 fully saturated rings. The van der Waals surface area contributed by atoms with Crippen LogP contribution in [0.3, 0.4) is 0 Å². The van der Waals surface area contributed by atoms with Crippen LogP contribution in [0.4, 0.5) is 18.9 Å². The Morgan fingerprint density at radius 1 is 1.22 bits per heavy atom. The highest BCUT2D eigenvalue weighted by Crippen LogP contribution is 2.34. The fourth-order valence-corrected chi connectivity index (χ4v) is 1.81. The highest BCUT2D eigenvalue weighted by molar-refractivity contribution is 5.54. The van der Waals surface area contributed by atoms with E-state index in [1.807, 2.05) is 0 Å². The maximum absolute atomic E-state index is 12.4. The first-order valence-corrected chi connectivity index (χ1v) is 5.68. The minimum Gasteiger partial charge on any atom is -0.488 e. The number of alkyl halides is 3. The van der Waals surface area contributed by atoms with E-state index in [1.165, 1.54) is 6.07 Å². The lowest BCUT2D eigenvalue weighted by molar-refractivity contribution is -0.137. The summed E-state index contributed by atoms with van der Waals surface area (Å²) in [4.78, 5) is 0. The van der Waals surface area contributed by atoms with Crippen LogP contribution >= 0.6 is 0 Å². The largest absolute Gasteiger partial charge is 0.488 e. The number of rotatable bonds is 2. The number of hydrogen-bond donors (Lipinski definition) is 1. The molecule has 0 bridgehead atoms. The molecule has 100 valence electrons. The van der Waals surface area contributed by atoms with Crippen molar-refractivity contribution in [2.45, 2.75) is 25.1 Å². The van der Waals surface area contributed by atoms with Gasteiger partial charge in [0.25, 0.3) is 0 Å². The lowest BCUT2D eigenvalue weighted by atomic mass is 10.1. The average Bonchev–Trinajstić information content (AvgIpc) is 2.32. The van der Waals surface area contributed by atoms with Crippen molar-refractivity contribution in [2.75, 3.05) is 18.9 Å². The van der Waals surface area contributed by atoms with E-state index >= 15 is 0 Å². The van der Waals surface area contributed by atoms with Gasteiger partial charge in [0, 0.05) is 12.8 Å². The van der Waals surface area contributed by atoms with Crippen molar-refractivity contribution in [1.82, 2.24) is 0 Å². The summed E-state index contributed by atoms with van der Waals surface area (Å²) in [6.45, 7) is 1.20. The smallest absolute Gasteiger partial charge is 0.416 e. The molecule has 0 aliphatic carbocycles. The van der Waals surface area contributed by atoms with Crippen molar-refractivity contribution in [3.05, 3.63) is 23.8 Å². The monoisotopic (exact) mass is 261 g/mol. The Kier molecular flexibility index (Phi) is 3.65. The molecule has 1 aliphatic rings. The molecule has 3 nitrogen and oxygen atoms in total. The molecule has 2 N–H and O–H groups in total. The van der Waals surface area contributed by atoms with Crippen LogP contribution in [0.15, 0.2) is 18.2 Å². The highest BCUT2D eigenvalue weighted by Gasteiger charge is 2.31. The molecule has 0 amide bonds. The summed E-state index contributed by atoms with van der Waals surface area (Å²) in [5.74, 6) is 0.301. The summed E-state index contributed by atoms with van der Waals surface area (Å²) in [6, 6.07) is 3.15. The number of nitrogen functional groups attached to an aromatic ring is 1. The van der Waals surface area contributed by atoms with Crippen molar-refractivity contribution >= 4 is 5.69 Å². The van der Waals surface area contributed by atoms with Gasteiger partial charge in [0.2, 0.25) is 0 Å². The van der Waals surface area contributed by atoms with E-state index in [-0.39, 0.29) is 11.8 Å². The second-order valence-corrected chi connectivity index (χ2v) is 4.18. The first-order chi connectivity index (χ1) is 8.47. The zero-order chi connectivity index (χ0) is 13.2. The second kappa shape index (κ2) is 5.06. The minimum absolute atomic E-state index is 0.0105. The van der Waals surface area contributed by atoms with Gasteiger partial charge in [-0.1, -0.05) is 0 Å². The van der Waals surface area contributed by atoms with Crippen molar-refractivity contribution < 1.29 is 22.6 Å². The van der Waals surface area contributed by atoms with Gasteiger partial charge in [0.05, 0.1) is 24.5 Å². The summed E-state index contributed by atoms with van der Waals surface area (Å²) < 4.78 is 48.1. The molecule has 1 saturated heterocycles. The first kappa shape index (κ1) is 13.0. The maximum atomic E-state index is 12.4. The zero-order valence-electron chi connectivity index (χ0n) is 9.67. The summed E-state index contributed by atoms with van der Waals surface area (Å²) in [5, 5.41) is 0. The SMILES string of the molecule is Nc1cc(C(F)(F)F)ccc1OC1CCOCC1. The molecular formula is C12H14F3NO2. The topological polar surface area (TPSA) is 44.5 Å². The summed E-state index contributed by atoms with van der Waals surface area (Å²) in [5.41, 5.74) is 4.82. The Labute approximate surface area is 103 Å². The molecule has 0 atom stereocenters. The molecule has 1 aromatic rings. The Balaban J connectivity index is 2.09. The van der Waals surface area contributed by atoms with Gasteiger partial charge in [-0.15, -0.1) is 0 Å². The fourth-order valence-electron chi connectivity index (χ4n) is 1.81. The Morgan fingerprint density at radius 2 is 1.89 bits per heavy atom. The number of anilines is 1. The lowest BCUT2D eigenvalue weighted by Crippen LogP contribution is -2.26. The Morgan fingerprint density at radius 3 is 2.44 bits per heavy atom. The number of benzene rings is 1. The van der Waals surface area contributed by atoms with Crippen LogP contribution < -0.4 is 10.5 Å². The fraction of sp³-hybridized carbons (Fsp3) is 0.500. The van der Waals surface area contributed by atoms with E-state index < -0.39 is 11.7 Å². The Hall–Kier alpha value is -1.43. The molecule has 1 heterocycles. The van der Waals surface area contributed by atoms with Crippen molar-refractivity contribution in [2.24, 2.45) is 0 Å². The number of halogens is 3. The lowest BCUT2D eigenvalue weighted by Gasteiger charge is -2.24. The predicted octanol–water partition coefficient (Wildman–Crippen LogP) is 2.85. The van der Waals surface area contributed by atoms with Gasteiger partial charge in [-0.25, -0.2) is 0 Å². The highest BCUT2D eigenvalue weighted by atomic mass is 19.4. The predicted molar refractivity (Wildman–Crippen MR) is 60.3 cm³/mol. The molecule has 18 heavy (non-hydrogen) atoms. The van der Waals surface area contributed by atoms with Gasteiger partial charge in [-0.2, -0.15) is 13.2 Å². The van der Waals surface area contributed by atoms with E-state index in [1.54, 1.807) is 0 Å². The normalized spacial score (nSPS) is 17.7. The van der Waals surface area contributed by atoms with E-state index in [2.05, 4.69) is 0 Å². The van der Waals surface area contributed by atoms with Gasteiger partial charge in [0.15, 0.2) is 0 Å². The van der Waals surface area contributed by atoms with E-state index in [0.717, 1.165) is 25.0 Å². The van der Waals surface area contributed by atoms with Gasteiger partial charge < -0.3 is 15.2 Å². The number of nitrogens with two attached hydrogens (primary N) is 1. The van der Waals surface area contributed by atoms with Crippen LogP contribution in [-0.2, 0) is 10.9 Å². The molecule has 0 unspecified atom stereocenters. The summed E-state index contributed by atoms with van der Waals surface area (Å²) in [7, 11) is 0. The average molecular weight is 261 g/mol. The molecule has 0 radical (unpaired) electrons. The molecule has 0 spiro atoms. The molecular weight excluding hydrogens is 247 g/mol. The maximum Gasteiger partial charge on any atom is 0.416 e. The molecule has 0 saturated carbocycles. The molecule has 2 rings (SSSR count). The third-order valence-electron chi connectivity index (χ3n) is 2.80. The third kappa shape index (κ3) is 3.07. The third-order valence-corrected chi connectivity index (χ3v) is 2.80. The summed E-state index contributed by atoms with van der Waals surface area (Å²) in [6.07, 6.45) is -2.98. The molecule has 1 aromatic carbocycles. The van der Waals surface area contributed by atoms with E-state index in [9.17, 15) is 13.2 Å². The van der Waals surface area contributed by atoms with E-state index in [0.29, 0.717) is 19.0 Å². The Bertz CT molecular complexity index is 414. The number of hydrogen-bond acceptors (Lipinski definition) is 3. The molecule has 1 aliphatic heterocycles. The van der Waals surface area contributed by atoms with Crippen LogP contribution in [0, 0.1) is 0 Å². The molecule has 0 aromatic heterocycles. The van der Waals surface area contributed by atoms with Gasteiger partial charge in [-0.3, -0.25) is 0 Å². The second-order valence-electron chi connectivity index (χ2n) is 4.18. The van der Waals surface area contributed by atoms with E-state index in [4.69, 9.17) is 15.2 Å². The standard InChI is InChI=1S/C12H14F3NO2/c13-12(14,15)8-1-2-11(10(16)7-8)18-9-3-5-17-6-4-9/h1-2,7,9H,3-6,16H2. The van der Waals surface area contributed by atoms with Gasteiger partial charge >= 0.3 is 6.18 Å². The van der Waals surface area contributed by atoms with Crippen molar-refractivity contribution in [1.29, 1.82) is 0 Å². The minimum atomic E-state index is -4.38. The van der Waals surface area contributed by atoms with Gasteiger partial charge in [-0.05, 0) is 18.2 Å². The summed E-state index contributed by atoms with van der Waals surface area (Å²) >= 11 is 0. The number of ether oxygens (including phenoxy) is 2. The van der Waals surface area contributed by atoms with Crippen molar-refractivity contribution in [3.8, 4) is 5.75 Å². The van der Waals surface area contributed by atoms with Crippen LogP contribution in [-0.4, -0.2) is 19.3 Å².